The van der Waals surface area contributed by atoms with E-state index in [-0.39, 0.29) is 0 Å². The maximum absolute atomic E-state index is 5.42. The number of hydrogen-bond donors (Lipinski definition) is 1. The summed E-state index contributed by atoms with van der Waals surface area (Å²) in [4.78, 5) is 0. The lowest BCUT2D eigenvalue weighted by Crippen LogP contribution is -2.16. The summed E-state index contributed by atoms with van der Waals surface area (Å²) < 4.78 is 5.42. The molecule has 1 rings (SSSR count). The Bertz CT molecular complexity index is 85.3. The number of ether oxygens (including phenoxy) is 1. The van der Waals surface area contributed by atoms with Crippen molar-refractivity contribution in [3.8, 4) is 0 Å². The number of rotatable bonds is 1. The molecule has 1 fully saturated rings. The summed E-state index contributed by atoms with van der Waals surface area (Å²) in [7, 11) is 0. The molecule has 10 heavy (non-hydrogen) atoms. The van der Waals surface area contributed by atoms with Gasteiger partial charge < -0.3 is 4.74 Å². The molecule has 0 amide bonds. The van der Waals surface area contributed by atoms with Gasteiger partial charge in [0.2, 0.25) is 0 Å². The van der Waals surface area contributed by atoms with Crippen LogP contribution in [0.3, 0.4) is 0 Å². The van der Waals surface area contributed by atoms with Crippen LogP contribution in [0.15, 0.2) is 0 Å². The maximum Gasteiger partial charge on any atom is 0.0504 e. The molecule has 1 saturated heterocycles. The van der Waals surface area contributed by atoms with Crippen molar-refractivity contribution in [2.75, 3.05) is 13.2 Å². The molecular weight excluding hydrogens is 144 g/mol. The lowest BCUT2D eigenvalue weighted by Gasteiger charge is -2.16. The molecule has 0 aliphatic carbocycles. The fourth-order valence-electron chi connectivity index (χ4n) is 1.31. The van der Waals surface area contributed by atoms with Crippen molar-refractivity contribution in [2.24, 2.45) is 5.92 Å². The van der Waals surface area contributed by atoms with E-state index in [9.17, 15) is 0 Å². The van der Waals surface area contributed by atoms with Crippen molar-refractivity contribution in [3.63, 3.8) is 0 Å². The van der Waals surface area contributed by atoms with Gasteiger partial charge in [0, 0.05) is 11.9 Å². The second-order valence-corrected chi connectivity index (χ2v) is 3.89. The summed E-state index contributed by atoms with van der Waals surface area (Å²) in [5.74, 6) is 0.686. The van der Waals surface area contributed by atoms with Crippen LogP contribution in [0.25, 0.3) is 0 Å². The molecule has 2 heteroatoms. The largest absolute Gasteiger partial charge is 0.381 e. The van der Waals surface area contributed by atoms with Crippen molar-refractivity contribution >= 4 is 12.6 Å². The predicted molar refractivity (Wildman–Crippen MR) is 46.6 cm³/mol. The monoisotopic (exact) mass is 160 g/mol. The highest BCUT2D eigenvalue weighted by atomic mass is 32.1. The van der Waals surface area contributed by atoms with Crippen LogP contribution in [0, 0.1) is 5.92 Å². The van der Waals surface area contributed by atoms with Gasteiger partial charge in [-0.25, -0.2) is 0 Å². The van der Waals surface area contributed by atoms with E-state index in [0.29, 0.717) is 11.2 Å². The highest BCUT2D eigenvalue weighted by molar-refractivity contribution is 7.80. The van der Waals surface area contributed by atoms with Crippen LogP contribution in [0.5, 0.6) is 0 Å². The van der Waals surface area contributed by atoms with E-state index in [0.717, 1.165) is 13.2 Å². The van der Waals surface area contributed by atoms with Crippen LogP contribution in [0.4, 0.5) is 0 Å². The summed E-state index contributed by atoms with van der Waals surface area (Å²) in [5, 5.41) is 0.498. The molecule has 2 atom stereocenters. The third-order valence-electron chi connectivity index (χ3n) is 2.13. The van der Waals surface area contributed by atoms with Gasteiger partial charge in [0.05, 0.1) is 6.61 Å². The molecule has 0 aromatic heterocycles. The highest BCUT2D eigenvalue weighted by Crippen LogP contribution is 2.20. The Labute approximate surface area is 68.6 Å². The Morgan fingerprint density at radius 1 is 1.50 bits per heavy atom. The maximum atomic E-state index is 5.42. The van der Waals surface area contributed by atoms with E-state index in [2.05, 4.69) is 19.6 Å². The van der Waals surface area contributed by atoms with E-state index in [1.807, 2.05) is 0 Å². The molecule has 0 aromatic rings. The first-order valence-electron chi connectivity index (χ1n) is 4.06. The van der Waals surface area contributed by atoms with Crippen LogP contribution < -0.4 is 0 Å². The van der Waals surface area contributed by atoms with Crippen molar-refractivity contribution in [1.29, 1.82) is 0 Å². The summed E-state index contributed by atoms with van der Waals surface area (Å²) in [6, 6.07) is 0. The van der Waals surface area contributed by atoms with Crippen LogP contribution in [-0.2, 0) is 4.74 Å². The Hall–Kier alpha value is 0.310. The normalized spacial score (nSPS) is 31.2. The van der Waals surface area contributed by atoms with E-state index >= 15 is 0 Å². The van der Waals surface area contributed by atoms with Crippen LogP contribution in [0.2, 0.25) is 0 Å². The molecule has 60 valence electrons. The smallest absolute Gasteiger partial charge is 0.0504 e. The summed E-state index contributed by atoms with van der Waals surface area (Å²) in [6.45, 7) is 4.03. The van der Waals surface area contributed by atoms with Crippen LogP contribution in [-0.4, -0.2) is 18.5 Å². The molecule has 0 bridgehead atoms. The molecule has 1 nitrogen and oxygen atoms in total. The number of hydrogen-bond acceptors (Lipinski definition) is 2. The predicted octanol–water partition coefficient (Wildman–Crippen LogP) is 2.12. The van der Waals surface area contributed by atoms with E-state index < -0.39 is 0 Å². The fourth-order valence-corrected chi connectivity index (χ4v) is 1.54. The van der Waals surface area contributed by atoms with E-state index in [1.165, 1.54) is 19.3 Å². The molecule has 2 unspecified atom stereocenters. The van der Waals surface area contributed by atoms with Gasteiger partial charge in [-0.3, -0.25) is 0 Å². The Kier molecular flexibility index (Phi) is 3.57. The molecule has 0 radical (unpaired) electrons. The molecular formula is C8H16OS. The average Bonchev–Trinajstić information content (AvgIpc) is 2.12. The zero-order valence-electron chi connectivity index (χ0n) is 6.55. The van der Waals surface area contributed by atoms with Gasteiger partial charge in [0.15, 0.2) is 0 Å². The Morgan fingerprint density at radius 3 is 3.00 bits per heavy atom. The van der Waals surface area contributed by atoms with Crippen molar-refractivity contribution in [1.82, 2.24) is 0 Å². The number of thiol groups is 1. The van der Waals surface area contributed by atoms with E-state index in [4.69, 9.17) is 4.74 Å². The molecule has 0 aromatic carbocycles. The average molecular weight is 160 g/mol. The Morgan fingerprint density at radius 2 is 2.30 bits per heavy atom. The van der Waals surface area contributed by atoms with Gasteiger partial charge in [-0.2, -0.15) is 12.6 Å². The first-order chi connectivity index (χ1) is 4.80. The minimum Gasteiger partial charge on any atom is -0.381 e. The third-order valence-corrected chi connectivity index (χ3v) is 2.55. The van der Waals surface area contributed by atoms with Crippen molar-refractivity contribution < 1.29 is 4.74 Å². The lowest BCUT2D eigenvalue weighted by molar-refractivity contribution is 0.116. The van der Waals surface area contributed by atoms with Crippen molar-refractivity contribution in [3.05, 3.63) is 0 Å². The molecule has 1 aliphatic heterocycles. The highest BCUT2D eigenvalue weighted by Gasteiger charge is 2.15. The standard InChI is InChI=1S/C8H16OS/c1-7(10)8-4-2-3-5-9-6-8/h7-8,10H,2-6H2,1H3. The van der Waals surface area contributed by atoms with Gasteiger partial charge >= 0.3 is 0 Å². The Balaban J connectivity index is 2.28. The summed E-state index contributed by atoms with van der Waals surface area (Å²) in [6.07, 6.45) is 3.84. The second kappa shape index (κ2) is 4.24. The second-order valence-electron chi connectivity index (χ2n) is 3.07. The third kappa shape index (κ3) is 2.51. The zero-order valence-corrected chi connectivity index (χ0v) is 7.44. The minimum absolute atomic E-state index is 0.498. The molecule has 1 aliphatic rings. The zero-order chi connectivity index (χ0) is 7.40. The van der Waals surface area contributed by atoms with Crippen LogP contribution >= 0.6 is 12.6 Å². The van der Waals surface area contributed by atoms with E-state index in [1.54, 1.807) is 0 Å². The topological polar surface area (TPSA) is 9.23 Å². The molecule has 0 N–H and O–H groups in total. The van der Waals surface area contributed by atoms with Gasteiger partial charge in [-0.1, -0.05) is 13.3 Å². The quantitative estimate of drug-likeness (QED) is 0.578. The first kappa shape index (κ1) is 8.41. The van der Waals surface area contributed by atoms with Gasteiger partial charge in [-0.05, 0) is 18.8 Å². The first-order valence-corrected chi connectivity index (χ1v) is 4.58. The minimum atomic E-state index is 0.498. The van der Waals surface area contributed by atoms with Gasteiger partial charge in [-0.15, -0.1) is 0 Å². The SMILES string of the molecule is CC(S)C1CCCCOC1. The lowest BCUT2D eigenvalue weighted by atomic mass is 10.0. The molecule has 0 spiro atoms. The van der Waals surface area contributed by atoms with Gasteiger partial charge in [0.25, 0.3) is 0 Å². The van der Waals surface area contributed by atoms with Gasteiger partial charge in [0.1, 0.15) is 0 Å². The fraction of sp³-hybridized carbons (Fsp3) is 1.00. The molecule has 0 saturated carbocycles. The summed E-state index contributed by atoms with van der Waals surface area (Å²) in [5.41, 5.74) is 0. The molecule has 1 heterocycles. The van der Waals surface area contributed by atoms with Crippen molar-refractivity contribution in [2.45, 2.75) is 31.4 Å². The van der Waals surface area contributed by atoms with Crippen LogP contribution in [0.1, 0.15) is 26.2 Å². The summed E-state index contributed by atoms with van der Waals surface area (Å²) >= 11 is 4.41.